The molecule has 6 nitrogen and oxygen atoms in total. The van der Waals surface area contributed by atoms with Gasteiger partial charge in [0, 0.05) is 43.6 Å². The van der Waals surface area contributed by atoms with E-state index >= 15 is 0 Å². The maximum atomic E-state index is 6.47. The van der Waals surface area contributed by atoms with E-state index in [0.717, 1.165) is 82.7 Å². The van der Waals surface area contributed by atoms with Gasteiger partial charge in [-0.05, 0) is 48.5 Å². The first-order chi connectivity index (χ1) is 25.3. The van der Waals surface area contributed by atoms with E-state index in [4.69, 9.17) is 23.8 Å². The lowest BCUT2D eigenvalue weighted by atomic mass is 10.1. The summed E-state index contributed by atoms with van der Waals surface area (Å²) in [7, 11) is 0. The van der Waals surface area contributed by atoms with Gasteiger partial charge in [-0.25, -0.2) is 15.0 Å². The van der Waals surface area contributed by atoms with Crippen LogP contribution in [0.1, 0.15) is 0 Å². The van der Waals surface area contributed by atoms with Crippen LogP contribution in [0, 0.1) is 0 Å². The lowest BCUT2D eigenvalue weighted by molar-refractivity contribution is 0.669. The highest BCUT2D eigenvalue weighted by Crippen LogP contribution is 2.39. The summed E-state index contributed by atoms with van der Waals surface area (Å²) in [4.78, 5) is 15.5. The van der Waals surface area contributed by atoms with Gasteiger partial charge in [-0.15, -0.1) is 0 Å². The Morgan fingerprint density at radius 2 is 0.882 bits per heavy atom. The summed E-state index contributed by atoms with van der Waals surface area (Å²) in [5.41, 5.74) is 8.89. The van der Waals surface area contributed by atoms with Gasteiger partial charge in [-0.2, -0.15) is 0 Å². The van der Waals surface area contributed by atoms with E-state index < -0.39 is 0 Å². The first-order valence-corrected chi connectivity index (χ1v) is 16.9. The highest BCUT2D eigenvalue weighted by molar-refractivity contribution is 6.12. The molecule has 0 spiro atoms. The zero-order valence-corrected chi connectivity index (χ0v) is 27.1. The van der Waals surface area contributed by atoms with Crippen LogP contribution in [0.3, 0.4) is 0 Å². The van der Waals surface area contributed by atoms with Gasteiger partial charge < -0.3 is 13.4 Å². The second-order valence-electron chi connectivity index (χ2n) is 12.8. The molecular formula is C45H26N4O2. The average Bonchev–Trinajstić information content (AvgIpc) is 3.87. The Bertz CT molecular complexity index is 3020. The van der Waals surface area contributed by atoms with Crippen molar-refractivity contribution in [2.45, 2.75) is 0 Å². The first kappa shape index (κ1) is 27.9. The fourth-order valence-electron chi connectivity index (χ4n) is 7.56. The number of furan rings is 2. The number of benzene rings is 7. The Balaban J connectivity index is 1.20. The quantitative estimate of drug-likeness (QED) is 0.189. The molecule has 4 aromatic heterocycles. The Labute approximate surface area is 290 Å². The largest absolute Gasteiger partial charge is 0.455 e. The smallest absolute Gasteiger partial charge is 0.167 e. The van der Waals surface area contributed by atoms with Crippen LogP contribution in [-0.4, -0.2) is 19.5 Å². The van der Waals surface area contributed by atoms with Gasteiger partial charge >= 0.3 is 0 Å². The van der Waals surface area contributed by atoms with Gasteiger partial charge in [-0.1, -0.05) is 109 Å². The van der Waals surface area contributed by atoms with Crippen LogP contribution in [0.15, 0.2) is 167 Å². The molecule has 0 saturated heterocycles. The number of aromatic nitrogens is 4. The molecule has 11 rings (SSSR count). The number of para-hydroxylation sites is 6. The average molecular weight is 655 g/mol. The summed E-state index contributed by atoms with van der Waals surface area (Å²) in [6, 6.07) is 53.9. The predicted octanol–water partition coefficient (Wildman–Crippen LogP) is 11.8. The Morgan fingerprint density at radius 3 is 1.53 bits per heavy atom. The topological polar surface area (TPSA) is 69.9 Å². The van der Waals surface area contributed by atoms with Crippen molar-refractivity contribution in [3.05, 3.63) is 158 Å². The molecule has 51 heavy (non-hydrogen) atoms. The van der Waals surface area contributed by atoms with Crippen molar-refractivity contribution in [2.24, 2.45) is 0 Å². The molecule has 0 aliphatic heterocycles. The maximum absolute atomic E-state index is 6.47. The third-order valence-corrected chi connectivity index (χ3v) is 9.87. The van der Waals surface area contributed by atoms with Gasteiger partial charge in [0.15, 0.2) is 17.5 Å². The number of hydrogen-bond donors (Lipinski definition) is 0. The predicted molar refractivity (Wildman–Crippen MR) is 205 cm³/mol. The minimum atomic E-state index is 0.525. The molecule has 0 bridgehead atoms. The molecule has 238 valence electrons. The zero-order valence-electron chi connectivity index (χ0n) is 27.1. The molecule has 0 radical (unpaired) electrons. The molecule has 4 heterocycles. The highest BCUT2D eigenvalue weighted by atomic mass is 16.3. The third kappa shape index (κ3) is 4.20. The third-order valence-electron chi connectivity index (χ3n) is 9.87. The summed E-state index contributed by atoms with van der Waals surface area (Å²) in [6.07, 6.45) is 0. The molecule has 0 saturated carbocycles. The summed E-state index contributed by atoms with van der Waals surface area (Å²) >= 11 is 0. The van der Waals surface area contributed by atoms with Crippen LogP contribution in [0.5, 0.6) is 0 Å². The Hall–Kier alpha value is -7.05. The van der Waals surface area contributed by atoms with Crippen molar-refractivity contribution < 1.29 is 8.83 Å². The summed E-state index contributed by atoms with van der Waals surface area (Å²) in [6.45, 7) is 0. The SMILES string of the molecule is c1ccc(-n2c3ccccc3c3ccc(-c4nc(-c5cccc6c5oc5ccccc56)nc(-c5cccc6c5oc5ccccc56)n4)cc32)cc1. The molecule has 0 unspecified atom stereocenters. The molecule has 6 heteroatoms. The number of fused-ring (bicyclic) bond motifs is 9. The van der Waals surface area contributed by atoms with Crippen molar-refractivity contribution in [3.8, 4) is 39.9 Å². The molecule has 0 N–H and O–H groups in total. The normalized spacial score (nSPS) is 11.9. The maximum Gasteiger partial charge on any atom is 0.167 e. The van der Waals surface area contributed by atoms with Gasteiger partial charge in [-0.3, -0.25) is 0 Å². The highest BCUT2D eigenvalue weighted by Gasteiger charge is 2.21. The van der Waals surface area contributed by atoms with E-state index in [1.165, 1.54) is 5.39 Å². The minimum absolute atomic E-state index is 0.525. The Morgan fingerprint density at radius 1 is 0.373 bits per heavy atom. The van der Waals surface area contributed by atoms with Crippen LogP contribution < -0.4 is 0 Å². The van der Waals surface area contributed by atoms with E-state index in [-0.39, 0.29) is 0 Å². The first-order valence-electron chi connectivity index (χ1n) is 16.9. The summed E-state index contributed by atoms with van der Waals surface area (Å²) < 4.78 is 15.3. The molecule has 0 amide bonds. The lowest BCUT2D eigenvalue weighted by Crippen LogP contribution is -2.01. The van der Waals surface area contributed by atoms with Crippen LogP contribution in [0.25, 0.3) is 106 Å². The van der Waals surface area contributed by atoms with E-state index in [1.807, 2.05) is 66.7 Å². The number of hydrogen-bond acceptors (Lipinski definition) is 5. The van der Waals surface area contributed by atoms with Gasteiger partial charge in [0.25, 0.3) is 0 Å². The molecule has 0 atom stereocenters. The van der Waals surface area contributed by atoms with E-state index in [0.29, 0.717) is 17.5 Å². The van der Waals surface area contributed by atoms with Crippen molar-refractivity contribution in [2.75, 3.05) is 0 Å². The second-order valence-corrected chi connectivity index (χ2v) is 12.8. The van der Waals surface area contributed by atoms with Crippen LogP contribution >= 0.6 is 0 Å². The van der Waals surface area contributed by atoms with E-state index in [9.17, 15) is 0 Å². The van der Waals surface area contributed by atoms with Gasteiger partial charge in [0.1, 0.15) is 22.3 Å². The fraction of sp³-hybridized carbons (Fsp3) is 0. The zero-order chi connectivity index (χ0) is 33.5. The van der Waals surface area contributed by atoms with Crippen molar-refractivity contribution in [1.29, 1.82) is 0 Å². The van der Waals surface area contributed by atoms with Gasteiger partial charge in [0.2, 0.25) is 0 Å². The molecule has 11 aromatic rings. The van der Waals surface area contributed by atoms with Crippen molar-refractivity contribution in [3.63, 3.8) is 0 Å². The Kier molecular flexibility index (Phi) is 5.86. The van der Waals surface area contributed by atoms with Crippen LogP contribution in [-0.2, 0) is 0 Å². The standard InChI is InChI=1S/C45H26N4O2/c1-2-12-28(13-3-1)49-37-21-7-4-14-29(37)30-25-24-27(26-38(30)49)43-46-44(35-19-10-17-33-31-15-5-8-22-39(31)50-41(33)35)48-45(47-43)36-20-11-18-34-32-16-6-9-23-40(32)51-42(34)36/h1-26H. The van der Waals surface area contributed by atoms with Crippen molar-refractivity contribution in [1.82, 2.24) is 19.5 Å². The van der Waals surface area contributed by atoms with E-state index in [2.05, 4.69) is 95.6 Å². The number of rotatable bonds is 4. The molecule has 7 aromatic carbocycles. The minimum Gasteiger partial charge on any atom is -0.455 e. The van der Waals surface area contributed by atoms with E-state index in [1.54, 1.807) is 0 Å². The molecule has 0 aliphatic rings. The molecule has 0 fully saturated rings. The lowest BCUT2D eigenvalue weighted by Gasteiger charge is -2.11. The summed E-state index contributed by atoms with van der Waals surface area (Å²) in [5.74, 6) is 1.61. The summed E-state index contributed by atoms with van der Waals surface area (Å²) in [5, 5.41) is 6.48. The second kappa shape index (κ2) is 10.7. The van der Waals surface area contributed by atoms with Crippen LogP contribution in [0.2, 0.25) is 0 Å². The van der Waals surface area contributed by atoms with Gasteiger partial charge in [0.05, 0.1) is 22.2 Å². The fourth-order valence-corrected chi connectivity index (χ4v) is 7.56. The monoisotopic (exact) mass is 654 g/mol. The molecule has 0 aliphatic carbocycles. The van der Waals surface area contributed by atoms with Crippen LogP contribution in [0.4, 0.5) is 0 Å². The molecular weight excluding hydrogens is 629 g/mol. The van der Waals surface area contributed by atoms with Crippen molar-refractivity contribution >= 4 is 65.7 Å². The number of nitrogens with zero attached hydrogens (tertiary/aromatic N) is 4.